The Bertz CT molecular complexity index is 361. The second kappa shape index (κ2) is 10.0. The minimum absolute atomic E-state index is 0.154. The molecular formula is C15H27NO6. The van der Waals surface area contributed by atoms with Crippen molar-refractivity contribution in [1.82, 2.24) is 5.32 Å². The third-order valence-electron chi connectivity index (χ3n) is 2.93. The third kappa shape index (κ3) is 10.9. The zero-order chi connectivity index (χ0) is 17.2. The molecule has 0 aromatic carbocycles. The van der Waals surface area contributed by atoms with Crippen LogP contribution in [0.3, 0.4) is 0 Å². The second-order valence-electron chi connectivity index (χ2n) is 6.21. The number of carbonyl (C=O) groups excluding carboxylic acids is 1. The Hall–Kier alpha value is -1.79. The third-order valence-corrected chi connectivity index (χ3v) is 2.93. The van der Waals surface area contributed by atoms with E-state index in [0.29, 0.717) is 13.0 Å². The van der Waals surface area contributed by atoms with E-state index in [1.807, 2.05) is 0 Å². The van der Waals surface area contributed by atoms with Crippen molar-refractivity contribution >= 4 is 18.0 Å². The summed E-state index contributed by atoms with van der Waals surface area (Å²) in [5.74, 6) is -3.88. The van der Waals surface area contributed by atoms with Crippen molar-refractivity contribution < 1.29 is 29.3 Å². The standard InChI is InChI=1S/C15H27NO6/c1-15(2,3)22-14(21)16-10-8-6-4-5-7-9-11(12(17)18)13(19)20/h11H,4-10H2,1-3H3,(H,16,21)(H,17,18)(H,19,20). The lowest BCUT2D eigenvalue weighted by molar-refractivity contribution is -0.154. The number of amides is 1. The van der Waals surface area contributed by atoms with Crippen LogP contribution < -0.4 is 5.32 Å². The predicted molar refractivity (Wildman–Crippen MR) is 80.7 cm³/mol. The number of rotatable bonds is 10. The molecule has 0 aliphatic carbocycles. The van der Waals surface area contributed by atoms with E-state index in [-0.39, 0.29) is 6.42 Å². The summed E-state index contributed by atoms with van der Waals surface area (Å²) in [4.78, 5) is 32.7. The summed E-state index contributed by atoms with van der Waals surface area (Å²) in [7, 11) is 0. The van der Waals surface area contributed by atoms with Gasteiger partial charge in [0, 0.05) is 6.54 Å². The van der Waals surface area contributed by atoms with Crippen molar-refractivity contribution in [2.75, 3.05) is 6.54 Å². The minimum Gasteiger partial charge on any atom is -0.481 e. The summed E-state index contributed by atoms with van der Waals surface area (Å²) in [6.07, 6.45) is 3.65. The maximum atomic E-state index is 11.4. The largest absolute Gasteiger partial charge is 0.481 e. The average molecular weight is 317 g/mol. The molecular weight excluding hydrogens is 290 g/mol. The molecule has 0 radical (unpaired) electrons. The Morgan fingerprint density at radius 1 is 0.955 bits per heavy atom. The van der Waals surface area contributed by atoms with Gasteiger partial charge in [-0.05, 0) is 33.6 Å². The molecule has 3 N–H and O–H groups in total. The van der Waals surface area contributed by atoms with Gasteiger partial charge in [-0.3, -0.25) is 9.59 Å². The smallest absolute Gasteiger partial charge is 0.407 e. The van der Waals surface area contributed by atoms with E-state index in [0.717, 1.165) is 25.7 Å². The molecule has 1 amide bonds. The van der Waals surface area contributed by atoms with Crippen molar-refractivity contribution in [2.24, 2.45) is 5.92 Å². The zero-order valence-electron chi connectivity index (χ0n) is 13.6. The van der Waals surface area contributed by atoms with Crippen molar-refractivity contribution in [3.05, 3.63) is 0 Å². The minimum atomic E-state index is -1.31. The van der Waals surface area contributed by atoms with Crippen LogP contribution in [0.2, 0.25) is 0 Å². The fourth-order valence-corrected chi connectivity index (χ4v) is 1.86. The number of carbonyl (C=O) groups is 3. The molecule has 0 unspecified atom stereocenters. The molecule has 0 aliphatic heterocycles. The Balaban J connectivity index is 3.57. The number of alkyl carbamates (subject to hydrolysis) is 1. The van der Waals surface area contributed by atoms with Gasteiger partial charge in [-0.1, -0.05) is 25.7 Å². The van der Waals surface area contributed by atoms with E-state index in [4.69, 9.17) is 14.9 Å². The van der Waals surface area contributed by atoms with Gasteiger partial charge in [0.1, 0.15) is 5.60 Å². The van der Waals surface area contributed by atoms with E-state index in [2.05, 4.69) is 5.32 Å². The molecule has 0 saturated carbocycles. The molecule has 7 nitrogen and oxygen atoms in total. The van der Waals surface area contributed by atoms with E-state index >= 15 is 0 Å². The number of aliphatic carboxylic acids is 2. The van der Waals surface area contributed by atoms with Crippen LogP contribution in [0.5, 0.6) is 0 Å². The highest BCUT2D eigenvalue weighted by Gasteiger charge is 2.24. The van der Waals surface area contributed by atoms with Crippen molar-refractivity contribution in [3.63, 3.8) is 0 Å². The molecule has 0 spiro atoms. The van der Waals surface area contributed by atoms with Crippen LogP contribution in [-0.4, -0.2) is 40.4 Å². The lowest BCUT2D eigenvalue weighted by Crippen LogP contribution is -2.32. The lowest BCUT2D eigenvalue weighted by Gasteiger charge is -2.19. The maximum Gasteiger partial charge on any atom is 0.407 e. The number of carboxylic acids is 2. The summed E-state index contributed by atoms with van der Waals surface area (Å²) in [6, 6.07) is 0. The molecule has 0 aromatic rings. The first kappa shape index (κ1) is 20.2. The second-order valence-corrected chi connectivity index (χ2v) is 6.21. The first-order chi connectivity index (χ1) is 10.1. The molecule has 0 fully saturated rings. The van der Waals surface area contributed by atoms with Gasteiger partial charge in [-0.2, -0.15) is 0 Å². The predicted octanol–water partition coefficient (Wildman–Crippen LogP) is 2.64. The van der Waals surface area contributed by atoms with Gasteiger partial charge in [0.25, 0.3) is 0 Å². The van der Waals surface area contributed by atoms with E-state index < -0.39 is 29.6 Å². The monoisotopic (exact) mass is 317 g/mol. The first-order valence-corrected chi connectivity index (χ1v) is 7.56. The number of nitrogens with one attached hydrogen (secondary N) is 1. The Morgan fingerprint density at radius 2 is 1.45 bits per heavy atom. The fraction of sp³-hybridized carbons (Fsp3) is 0.800. The van der Waals surface area contributed by atoms with Crippen LogP contribution in [0.1, 0.15) is 59.3 Å². The molecule has 0 aromatic heterocycles. The lowest BCUT2D eigenvalue weighted by atomic mass is 10.0. The Kier molecular flexibility index (Phi) is 9.21. The number of hydrogen-bond donors (Lipinski definition) is 3. The Morgan fingerprint density at radius 3 is 1.95 bits per heavy atom. The van der Waals surface area contributed by atoms with Crippen LogP contribution >= 0.6 is 0 Å². The van der Waals surface area contributed by atoms with Crippen LogP contribution in [0.4, 0.5) is 4.79 Å². The summed E-state index contributed by atoms with van der Waals surface area (Å²) in [5.41, 5.74) is -0.505. The van der Waals surface area contributed by atoms with Gasteiger partial charge < -0.3 is 20.3 Å². The van der Waals surface area contributed by atoms with E-state index in [9.17, 15) is 14.4 Å². The van der Waals surface area contributed by atoms with Crippen molar-refractivity contribution in [3.8, 4) is 0 Å². The molecule has 128 valence electrons. The van der Waals surface area contributed by atoms with Gasteiger partial charge in [0.05, 0.1) is 0 Å². The summed E-state index contributed by atoms with van der Waals surface area (Å²) >= 11 is 0. The number of ether oxygens (including phenoxy) is 1. The zero-order valence-corrected chi connectivity index (χ0v) is 13.6. The van der Waals surface area contributed by atoms with Crippen LogP contribution in [0, 0.1) is 5.92 Å². The van der Waals surface area contributed by atoms with Crippen molar-refractivity contribution in [1.29, 1.82) is 0 Å². The van der Waals surface area contributed by atoms with Crippen LogP contribution in [-0.2, 0) is 14.3 Å². The van der Waals surface area contributed by atoms with E-state index in [1.165, 1.54) is 0 Å². The van der Waals surface area contributed by atoms with Gasteiger partial charge in [-0.15, -0.1) is 0 Å². The number of hydrogen-bond acceptors (Lipinski definition) is 4. The topological polar surface area (TPSA) is 113 Å². The first-order valence-electron chi connectivity index (χ1n) is 7.56. The molecule has 7 heteroatoms. The van der Waals surface area contributed by atoms with Gasteiger partial charge >= 0.3 is 18.0 Å². The fourth-order valence-electron chi connectivity index (χ4n) is 1.86. The molecule has 0 aliphatic rings. The van der Waals surface area contributed by atoms with Crippen LogP contribution in [0.15, 0.2) is 0 Å². The Labute approximate surface area is 131 Å². The SMILES string of the molecule is CC(C)(C)OC(=O)NCCCCCCCC(C(=O)O)C(=O)O. The van der Waals surface area contributed by atoms with Crippen molar-refractivity contribution in [2.45, 2.75) is 64.9 Å². The highest BCUT2D eigenvalue weighted by molar-refractivity contribution is 5.92. The normalized spacial score (nSPS) is 11.3. The molecule has 0 saturated heterocycles. The number of carboxylic acid groups (broad SMARTS) is 2. The highest BCUT2D eigenvalue weighted by Crippen LogP contribution is 2.12. The van der Waals surface area contributed by atoms with Gasteiger partial charge in [0.2, 0.25) is 0 Å². The quantitative estimate of drug-likeness (QED) is 0.422. The average Bonchev–Trinajstić information content (AvgIpc) is 2.33. The highest BCUT2D eigenvalue weighted by atomic mass is 16.6. The maximum absolute atomic E-state index is 11.4. The summed E-state index contributed by atoms with van der Waals surface area (Å²) in [6.45, 7) is 5.93. The van der Waals surface area contributed by atoms with Gasteiger partial charge in [-0.25, -0.2) is 4.79 Å². The van der Waals surface area contributed by atoms with E-state index in [1.54, 1.807) is 20.8 Å². The van der Waals surface area contributed by atoms with Crippen LogP contribution in [0.25, 0.3) is 0 Å². The van der Waals surface area contributed by atoms with Gasteiger partial charge in [0.15, 0.2) is 5.92 Å². The number of unbranched alkanes of at least 4 members (excludes halogenated alkanes) is 4. The molecule has 0 bridgehead atoms. The molecule has 0 atom stereocenters. The molecule has 0 heterocycles. The summed E-state index contributed by atoms with van der Waals surface area (Å²) < 4.78 is 5.09. The summed E-state index contributed by atoms with van der Waals surface area (Å²) in [5, 5.41) is 20.1. The molecule has 22 heavy (non-hydrogen) atoms. The molecule has 0 rings (SSSR count).